The molecule has 15 heteroatoms. The van der Waals surface area contributed by atoms with Crippen LogP contribution in [0.25, 0.3) is 20.2 Å². The van der Waals surface area contributed by atoms with E-state index in [0.717, 1.165) is 20.2 Å². The number of methoxy groups -OCH3 is 2. The number of carboxylic acid groups (broad SMARTS) is 2. The normalized spacial score (nSPS) is 10.2. The topological polar surface area (TPSA) is 136 Å². The fourth-order valence-corrected chi connectivity index (χ4v) is 5.96. The summed E-state index contributed by atoms with van der Waals surface area (Å²) in [5.74, 6) is -1.21. The minimum atomic E-state index is -0.973. The molecule has 4 rings (SSSR count). The maximum absolute atomic E-state index is 11.8. The van der Waals surface area contributed by atoms with Gasteiger partial charge in [-0.25, -0.2) is 4.79 Å². The second kappa shape index (κ2) is 20.9. The van der Waals surface area contributed by atoms with Gasteiger partial charge in [0.25, 0.3) is 5.97 Å². The molecular weight excluding hydrogens is 797 g/mol. The molecule has 0 saturated carbocycles. The van der Waals surface area contributed by atoms with Crippen molar-refractivity contribution in [3.8, 4) is 11.5 Å². The molecule has 0 aliphatic carbocycles. The third-order valence-corrected chi connectivity index (χ3v) is 8.07. The number of fused-ring (bicyclic) bond motifs is 2. The third kappa shape index (κ3) is 14.2. The van der Waals surface area contributed by atoms with E-state index in [9.17, 15) is 19.2 Å². The Morgan fingerprint density at radius 2 is 1.26 bits per heavy atom. The molecule has 0 saturated heterocycles. The Kier molecular flexibility index (Phi) is 19.8. The molecule has 4 aromatic rings. The van der Waals surface area contributed by atoms with Crippen LogP contribution in [0.1, 0.15) is 66.8 Å². The number of ketones is 1. The van der Waals surface area contributed by atoms with Gasteiger partial charge in [0.1, 0.15) is 22.0 Å². The first-order valence-corrected chi connectivity index (χ1v) is 22.2. The standard InChI is InChI=1S/C13H11ClO4S.C10H7ClO3S.C7H13O2.CH4.BrH.Zn/c1-18-10-4-7-5-12(9(15)2-3-13(16)17)19-11(7)6-8(10)14;1-14-7-2-5-3-9(10(12)13)15-8(5)4-6(7)11;1-5-6(8)9-7(2,3)4;;;/h4-6H,2-3H2,1H3,(H,16,17);2-4H,1H3,(H,12,13);1,5H2,2-4H3;1H4;1H;/q;;-1;;;+2/p-1. The molecular formula is C31H35BrCl2O9S2Zn. The zero-order chi connectivity index (χ0) is 34.5. The summed E-state index contributed by atoms with van der Waals surface area (Å²) in [6.07, 6.45) is 0.0570. The van der Waals surface area contributed by atoms with Gasteiger partial charge < -0.3 is 31.3 Å². The summed E-state index contributed by atoms with van der Waals surface area (Å²) in [5, 5.41) is 20.1. The van der Waals surface area contributed by atoms with E-state index < -0.39 is 11.9 Å². The maximum atomic E-state index is 11.8. The van der Waals surface area contributed by atoms with Crippen molar-refractivity contribution in [2.24, 2.45) is 0 Å². The van der Waals surface area contributed by atoms with E-state index in [0.29, 0.717) is 31.3 Å². The number of carbonyl (C=O) groups excluding carboxylic acids is 2. The predicted molar refractivity (Wildman–Crippen MR) is 186 cm³/mol. The van der Waals surface area contributed by atoms with Gasteiger partial charge in [-0.15, -0.1) is 22.7 Å². The van der Waals surface area contributed by atoms with E-state index in [2.05, 4.69) is 20.5 Å². The summed E-state index contributed by atoms with van der Waals surface area (Å²) >= 11 is 18.7. The molecule has 0 atom stereocenters. The first-order chi connectivity index (χ1) is 21.1. The van der Waals surface area contributed by atoms with Gasteiger partial charge >= 0.3 is 41.9 Å². The fraction of sp³-hybridized carbons (Fsp3) is 0.323. The first-order valence-electron chi connectivity index (χ1n) is 12.9. The summed E-state index contributed by atoms with van der Waals surface area (Å²) in [7, 11) is 3.05. The number of halogens is 3. The van der Waals surface area contributed by atoms with Crippen LogP contribution in [0.5, 0.6) is 11.5 Å². The van der Waals surface area contributed by atoms with Crippen LogP contribution in [0, 0.1) is 6.92 Å². The molecule has 0 bridgehead atoms. The van der Waals surface area contributed by atoms with Crippen LogP contribution in [-0.2, 0) is 30.7 Å². The number of rotatable bonds is 8. The van der Waals surface area contributed by atoms with Crippen LogP contribution < -0.4 is 9.47 Å². The second-order valence-corrected chi connectivity index (χ2v) is 12.7. The number of esters is 1. The molecule has 46 heavy (non-hydrogen) atoms. The van der Waals surface area contributed by atoms with Gasteiger partial charge in [-0.1, -0.05) is 37.0 Å². The zero-order valence-electron chi connectivity index (χ0n) is 25.2. The Hall–Kier alpha value is -2.28. The number of aromatic carboxylic acids is 1. The molecule has 2 aromatic heterocycles. The van der Waals surface area contributed by atoms with Crippen LogP contribution in [-0.4, -0.2) is 53.7 Å². The molecule has 0 spiro atoms. The quantitative estimate of drug-likeness (QED) is 0.0770. The minimum absolute atomic E-state index is 0. The molecule has 0 amide bonds. The average Bonchev–Trinajstić information content (AvgIpc) is 3.59. The molecule has 0 aliphatic heterocycles. The van der Waals surface area contributed by atoms with Gasteiger partial charge in [0, 0.05) is 15.8 Å². The number of hydrogen-bond acceptors (Lipinski definition) is 9. The van der Waals surface area contributed by atoms with Crippen molar-refractivity contribution in [3.05, 3.63) is 63.1 Å². The summed E-state index contributed by atoms with van der Waals surface area (Å²) in [6, 6.07) is 10.3. The monoisotopic (exact) mass is 828 g/mol. The number of Topliss-reactive ketones (excluding diaryl/α,β-unsaturated/α-hetero) is 1. The van der Waals surface area contributed by atoms with E-state index in [1.54, 1.807) is 36.4 Å². The Bertz CT molecular complexity index is 1630. The number of ether oxygens (including phenoxy) is 3. The Morgan fingerprint density at radius 3 is 1.61 bits per heavy atom. The number of benzene rings is 2. The zero-order valence-corrected chi connectivity index (χ0v) is 32.9. The number of carbonyl (C=O) groups is 4. The van der Waals surface area contributed by atoms with E-state index in [1.165, 1.54) is 53.2 Å². The van der Waals surface area contributed by atoms with Crippen LogP contribution >= 0.6 is 59.5 Å². The van der Waals surface area contributed by atoms with Crippen molar-refractivity contribution in [1.82, 2.24) is 0 Å². The van der Waals surface area contributed by atoms with Crippen molar-refractivity contribution >= 4 is 103 Å². The van der Waals surface area contributed by atoms with Gasteiger partial charge in [0.05, 0.1) is 35.6 Å². The molecule has 2 N–H and O–H groups in total. The summed E-state index contributed by atoms with van der Waals surface area (Å²) < 4.78 is 16.8. The van der Waals surface area contributed by atoms with Crippen LogP contribution in [0.3, 0.4) is 0 Å². The molecule has 248 valence electrons. The van der Waals surface area contributed by atoms with E-state index in [4.69, 9.17) is 47.6 Å². The number of hydrogen-bond donors (Lipinski definition) is 2. The molecule has 2 aromatic carbocycles. The molecule has 0 fully saturated rings. The number of thiophene rings is 2. The number of aliphatic carboxylic acids is 1. The summed E-state index contributed by atoms with van der Waals surface area (Å²) in [4.78, 5) is 44.4. The molecule has 0 unspecified atom stereocenters. The van der Waals surface area contributed by atoms with Gasteiger partial charge in [-0.2, -0.15) is 0 Å². The van der Waals surface area contributed by atoms with Gasteiger partial charge in [-0.05, 0) is 67.9 Å². The molecule has 9 nitrogen and oxygen atoms in total. The second-order valence-electron chi connectivity index (χ2n) is 9.73. The summed E-state index contributed by atoms with van der Waals surface area (Å²) in [5.41, 5.74) is -0.366. The van der Waals surface area contributed by atoms with Crippen molar-refractivity contribution in [2.75, 3.05) is 14.2 Å². The van der Waals surface area contributed by atoms with E-state index >= 15 is 0 Å². The van der Waals surface area contributed by atoms with Crippen molar-refractivity contribution in [1.29, 1.82) is 0 Å². The number of carboxylic acids is 2. The SMILES string of the molecule is C.COc1cc2cc(C(=O)CCC(=O)O)sc2cc1Cl.COc1cc2cc(C(=O)O)sc2cc1Cl.[CH2-]CC(=O)OC(C)(C)C.[Zn+][Br]. The third-order valence-electron chi connectivity index (χ3n) is 5.26. The van der Waals surface area contributed by atoms with Crippen LogP contribution in [0.15, 0.2) is 36.4 Å². The molecule has 0 aliphatic rings. The first kappa shape index (κ1) is 43.7. The van der Waals surface area contributed by atoms with Crippen molar-refractivity contribution in [3.63, 3.8) is 0 Å². The fourth-order valence-electron chi connectivity index (χ4n) is 3.37. The van der Waals surface area contributed by atoms with Gasteiger partial charge in [0.2, 0.25) is 0 Å². The van der Waals surface area contributed by atoms with E-state index in [-0.39, 0.29) is 44.0 Å². The molecule has 0 radical (unpaired) electrons. The van der Waals surface area contributed by atoms with Gasteiger partial charge in [0.15, 0.2) is 5.78 Å². The van der Waals surface area contributed by atoms with Crippen LogP contribution in [0.2, 0.25) is 10.0 Å². The van der Waals surface area contributed by atoms with Crippen molar-refractivity contribution < 1.29 is 59.9 Å². The van der Waals surface area contributed by atoms with Crippen molar-refractivity contribution in [2.45, 2.75) is 53.1 Å². The van der Waals surface area contributed by atoms with Crippen LogP contribution in [0.4, 0.5) is 0 Å². The summed E-state index contributed by atoms with van der Waals surface area (Å²) in [6.45, 7) is 8.90. The predicted octanol–water partition coefficient (Wildman–Crippen LogP) is 9.90. The Balaban J connectivity index is 0.000000673. The van der Waals surface area contributed by atoms with Gasteiger partial charge in [-0.3, -0.25) is 14.4 Å². The average molecular weight is 832 g/mol. The molecule has 2 heterocycles. The Morgan fingerprint density at radius 1 is 0.826 bits per heavy atom. The Labute approximate surface area is 303 Å². The van der Waals surface area contributed by atoms with E-state index in [1.807, 2.05) is 20.8 Å².